The summed E-state index contributed by atoms with van der Waals surface area (Å²) in [6.07, 6.45) is 0. The van der Waals surface area contributed by atoms with Crippen LogP contribution in [-0.2, 0) is 14.2 Å². The number of ether oxygens (including phenoxy) is 4. The van der Waals surface area contributed by atoms with E-state index in [1.807, 2.05) is 25.1 Å². The molecule has 1 aromatic carbocycles. The molecule has 24 heavy (non-hydrogen) atoms. The van der Waals surface area contributed by atoms with Crippen LogP contribution in [0.25, 0.3) is 0 Å². The van der Waals surface area contributed by atoms with Gasteiger partial charge in [0.15, 0.2) is 0 Å². The standard InChI is InChI=1S/C18H26O4S2/c1-15-16(2)23-13-11-20-12-14-24-18-6-4-3-5-17(18)22-10-8-19-7-9-21-15/h3-6H,7-14H2,1-2H3/b16-15-. The van der Waals surface area contributed by atoms with E-state index in [1.54, 1.807) is 23.5 Å². The number of benzene rings is 1. The van der Waals surface area contributed by atoms with Crippen molar-refractivity contribution in [3.63, 3.8) is 0 Å². The smallest absolute Gasteiger partial charge is 0.132 e. The van der Waals surface area contributed by atoms with Gasteiger partial charge in [0, 0.05) is 21.3 Å². The van der Waals surface area contributed by atoms with Gasteiger partial charge in [-0.25, -0.2) is 0 Å². The monoisotopic (exact) mass is 370 g/mol. The van der Waals surface area contributed by atoms with E-state index in [-0.39, 0.29) is 0 Å². The van der Waals surface area contributed by atoms with Gasteiger partial charge in [0.25, 0.3) is 0 Å². The largest absolute Gasteiger partial charge is 0.495 e. The van der Waals surface area contributed by atoms with Crippen molar-refractivity contribution in [3.8, 4) is 5.75 Å². The number of allylic oxidation sites excluding steroid dienone is 2. The van der Waals surface area contributed by atoms with Gasteiger partial charge in [-0.15, -0.1) is 23.5 Å². The fourth-order valence-electron chi connectivity index (χ4n) is 2.02. The van der Waals surface area contributed by atoms with Crippen molar-refractivity contribution in [1.82, 2.24) is 0 Å². The van der Waals surface area contributed by atoms with Crippen molar-refractivity contribution in [2.75, 3.05) is 51.1 Å². The van der Waals surface area contributed by atoms with Gasteiger partial charge in [0.2, 0.25) is 0 Å². The van der Waals surface area contributed by atoms with Crippen molar-refractivity contribution in [3.05, 3.63) is 34.9 Å². The number of rotatable bonds is 0. The Kier molecular flexibility index (Phi) is 9.50. The zero-order chi connectivity index (χ0) is 17.0. The van der Waals surface area contributed by atoms with Crippen LogP contribution in [0.3, 0.4) is 0 Å². The molecule has 1 aromatic rings. The third kappa shape index (κ3) is 7.38. The highest BCUT2D eigenvalue weighted by Crippen LogP contribution is 2.29. The molecule has 0 atom stereocenters. The lowest BCUT2D eigenvalue weighted by molar-refractivity contribution is 0.0580. The van der Waals surface area contributed by atoms with Gasteiger partial charge in [-0.3, -0.25) is 0 Å². The summed E-state index contributed by atoms with van der Waals surface area (Å²) < 4.78 is 22.8. The lowest BCUT2D eigenvalue weighted by atomic mass is 10.3. The van der Waals surface area contributed by atoms with E-state index in [2.05, 4.69) is 13.0 Å². The summed E-state index contributed by atoms with van der Waals surface area (Å²) in [5.74, 6) is 3.73. The second kappa shape index (κ2) is 11.7. The Morgan fingerprint density at radius 1 is 0.750 bits per heavy atom. The fourth-order valence-corrected chi connectivity index (χ4v) is 3.66. The Morgan fingerprint density at radius 3 is 2.25 bits per heavy atom. The molecule has 0 aliphatic carbocycles. The quantitative estimate of drug-likeness (QED) is 0.681. The molecular weight excluding hydrogens is 344 g/mol. The van der Waals surface area contributed by atoms with Gasteiger partial charge in [-0.05, 0) is 26.0 Å². The van der Waals surface area contributed by atoms with E-state index < -0.39 is 0 Å². The Hall–Kier alpha value is -0.820. The minimum absolute atomic E-state index is 0.539. The fraction of sp³-hybridized carbons (Fsp3) is 0.556. The highest BCUT2D eigenvalue weighted by molar-refractivity contribution is 8.03. The molecule has 4 nitrogen and oxygen atoms in total. The molecule has 1 aliphatic rings. The number of fused-ring (bicyclic) bond motifs is 1. The van der Waals surface area contributed by atoms with Crippen LogP contribution >= 0.6 is 23.5 Å². The van der Waals surface area contributed by atoms with Gasteiger partial charge >= 0.3 is 0 Å². The maximum atomic E-state index is 5.83. The first kappa shape index (κ1) is 19.5. The van der Waals surface area contributed by atoms with Crippen LogP contribution in [0.1, 0.15) is 13.8 Å². The zero-order valence-electron chi connectivity index (χ0n) is 14.4. The van der Waals surface area contributed by atoms with E-state index in [0.29, 0.717) is 26.4 Å². The van der Waals surface area contributed by atoms with Crippen molar-refractivity contribution in [1.29, 1.82) is 0 Å². The van der Waals surface area contributed by atoms with E-state index >= 15 is 0 Å². The normalized spacial score (nSPS) is 22.4. The summed E-state index contributed by atoms with van der Waals surface area (Å²) >= 11 is 3.54. The summed E-state index contributed by atoms with van der Waals surface area (Å²) in [6.45, 7) is 7.79. The first-order valence-corrected chi connectivity index (χ1v) is 10.2. The maximum Gasteiger partial charge on any atom is 0.132 e. The molecule has 0 unspecified atom stereocenters. The lowest BCUT2D eigenvalue weighted by Crippen LogP contribution is -2.11. The summed E-state index contributed by atoms with van der Waals surface area (Å²) in [5, 5.41) is 0. The van der Waals surface area contributed by atoms with E-state index in [0.717, 1.165) is 41.1 Å². The molecule has 0 saturated carbocycles. The molecule has 6 heteroatoms. The molecule has 0 spiro atoms. The SMILES string of the molecule is C/C1=C(\C)SCCOCCSc2ccccc2OCCOCCO1. The van der Waals surface area contributed by atoms with Crippen molar-refractivity contribution >= 4 is 23.5 Å². The average Bonchev–Trinajstić information content (AvgIpc) is 2.60. The molecule has 1 aliphatic heterocycles. The third-order valence-corrected chi connectivity index (χ3v) is 5.52. The third-order valence-electron chi connectivity index (χ3n) is 3.41. The Balaban J connectivity index is 1.87. The minimum atomic E-state index is 0.539. The molecule has 0 radical (unpaired) electrons. The molecule has 0 bridgehead atoms. The van der Waals surface area contributed by atoms with Gasteiger partial charge in [0.1, 0.15) is 24.7 Å². The second-order valence-corrected chi connectivity index (χ2v) is 7.62. The number of para-hydroxylation sites is 1. The van der Waals surface area contributed by atoms with Crippen LogP contribution in [0.2, 0.25) is 0 Å². The van der Waals surface area contributed by atoms with Crippen molar-refractivity contribution in [2.45, 2.75) is 18.7 Å². The van der Waals surface area contributed by atoms with E-state index in [9.17, 15) is 0 Å². The van der Waals surface area contributed by atoms with Crippen molar-refractivity contribution < 1.29 is 18.9 Å². The summed E-state index contributed by atoms with van der Waals surface area (Å²) in [4.78, 5) is 2.35. The summed E-state index contributed by atoms with van der Waals surface area (Å²) in [6, 6.07) is 8.10. The number of hydrogen-bond acceptors (Lipinski definition) is 6. The van der Waals surface area contributed by atoms with Crippen LogP contribution in [0.15, 0.2) is 39.8 Å². The Labute approximate surface area is 153 Å². The van der Waals surface area contributed by atoms with E-state index in [4.69, 9.17) is 18.9 Å². The van der Waals surface area contributed by atoms with Crippen LogP contribution in [0.4, 0.5) is 0 Å². The number of thioether (sulfide) groups is 2. The molecule has 0 fully saturated rings. The average molecular weight is 371 g/mol. The lowest BCUT2D eigenvalue weighted by Gasteiger charge is -2.13. The molecule has 1 heterocycles. The molecule has 0 aromatic heterocycles. The van der Waals surface area contributed by atoms with Crippen LogP contribution in [0.5, 0.6) is 5.75 Å². The Morgan fingerprint density at radius 2 is 1.42 bits per heavy atom. The molecule has 134 valence electrons. The second-order valence-electron chi connectivity index (χ2n) is 5.18. The molecule has 0 amide bonds. The van der Waals surface area contributed by atoms with Crippen LogP contribution in [0, 0.1) is 0 Å². The predicted octanol–water partition coefficient (Wildman–Crippen LogP) is 4.21. The maximum absolute atomic E-state index is 5.83. The Bertz CT molecular complexity index is 474. The van der Waals surface area contributed by atoms with Gasteiger partial charge in [-0.1, -0.05) is 12.1 Å². The van der Waals surface area contributed by atoms with Gasteiger partial charge in [0.05, 0.1) is 26.4 Å². The molecule has 2 rings (SSSR count). The van der Waals surface area contributed by atoms with Crippen molar-refractivity contribution in [2.24, 2.45) is 0 Å². The van der Waals surface area contributed by atoms with Gasteiger partial charge in [-0.2, -0.15) is 0 Å². The van der Waals surface area contributed by atoms with Gasteiger partial charge < -0.3 is 18.9 Å². The molecule has 0 N–H and O–H groups in total. The number of hydrogen-bond donors (Lipinski definition) is 0. The van der Waals surface area contributed by atoms with Crippen LogP contribution in [-0.4, -0.2) is 51.1 Å². The predicted molar refractivity (Wildman–Crippen MR) is 101 cm³/mol. The highest BCUT2D eigenvalue weighted by atomic mass is 32.2. The molecular formula is C18H26O4S2. The first-order valence-electron chi connectivity index (χ1n) is 8.20. The summed E-state index contributed by atoms with van der Waals surface area (Å²) in [5.41, 5.74) is 0. The molecule has 0 saturated heterocycles. The zero-order valence-corrected chi connectivity index (χ0v) is 16.0. The van der Waals surface area contributed by atoms with E-state index in [1.165, 1.54) is 4.91 Å². The minimum Gasteiger partial charge on any atom is -0.495 e. The topological polar surface area (TPSA) is 36.9 Å². The summed E-state index contributed by atoms with van der Waals surface area (Å²) in [7, 11) is 0. The van der Waals surface area contributed by atoms with Crippen LogP contribution < -0.4 is 4.74 Å². The highest BCUT2D eigenvalue weighted by Gasteiger charge is 2.05. The first-order chi connectivity index (χ1) is 11.8.